The number of nitrogen functional groups attached to an aromatic ring is 1. The third-order valence-electron chi connectivity index (χ3n) is 6.28. The lowest BCUT2D eigenvalue weighted by molar-refractivity contribution is 0.294. The van der Waals surface area contributed by atoms with E-state index < -0.39 is 6.04 Å². The van der Waals surface area contributed by atoms with Crippen LogP contribution in [0.3, 0.4) is 0 Å². The molecule has 1 aliphatic rings. The molecular weight excluding hydrogens is 430 g/mol. The molecule has 1 saturated carbocycles. The van der Waals surface area contributed by atoms with Crippen LogP contribution in [0.2, 0.25) is 0 Å². The average molecular weight is 456 g/mol. The molecular formula is C25H25N7O2. The van der Waals surface area contributed by atoms with Crippen molar-refractivity contribution in [2.45, 2.75) is 38.3 Å². The molecule has 9 heteroatoms. The van der Waals surface area contributed by atoms with Gasteiger partial charge in [-0.1, -0.05) is 24.3 Å². The fourth-order valence-electron chi connectivity index (χ4n) is 4.30. The van der Waals surface area contributed by atoms with Gasteiger partial charge in [-0.05, 0) is 50.5 Å². The lowest BCUT2D eigenvalue weighted by Gasteiger charge is -2.31. The summed E-state index contributed by atoms with van der Waals surface area (Å²) in [5.41, 5.74) is 7.62. The first-order chi connectivity index (χ1) is 16.4. The lowest BCUT2D eigenvalue weighted by atomic mass is 9.92. The first-order valence-electron chi connectivity index (χ1n) is 11.2. The Bertz CT molecular complexity index is 1460. The summed E-state index contributed by atoms with van der Waals surface area (Å²) >= 11 is 0. The minimum absolute atomic E-state index is 0.0467. The van der Waals surface area contributed by atoms with Crippen LogP contribution < -0.4 is 16.6 Å². The first-order valence-corrected chi connectivity index (χ1v) is 11.2. The minimum atomic E-state index is -0.400. The maximum absolute atomic E-state index is 13.4. The van der Waals surface area contributed by atoms with Gasteiger partial charge >= 0.3 is 0 Å². The van der Waals surface area contributed by atoms with Crippen molar-refractivity contribution in [2.75, 3.05) is 11.1 Å². The summed E-state index contributed by atoms with van der Waals surface area (Å²) in [5.74, 6) is 1.16. The number of fused-ring (bicyclic) bond motifs is 1. The van der Waals surface area contributed by atoms with Crippen molar-refractivity contribution >= 4 is 28.3 Å². The molecule has 5 N–H and O–H groups in total. The molecule has 9 nitrogen and oxygen atoms in total. The number of phenols is 1. The summed E-state index contributed by atoms with van der Waals surface area (Å²) in [6.07, 6.45) is 4.29. The summed E-state index contributed by atoms with van der Waals surface area (Å²) in [4.78, 5) is 26.6. The van der Waals surface area contributed by atoms with Gasteiger partial charge in [-0.3, -0.25) is 14.8 Å². The molecule has 0 radical (unpaired) electrons. The number of nitrogens with zero attached hydrogens (tertiary/aromatic N) is 4. The van der Waals surface area contributed by atoms with Gasteiger partial charge in [0.1, 0.15) is 29.5 Å². The standard InChI is InChI=1S/C25H25N7O2/c1-14(24-31-19-11-3-2-10-18(19)25(34)32(24)16-7-5-8-16)30-23-20(22(27)28-13-29-23)21(26)15-6-4-9-17(33)12-15/h2-4,6,9-14,16,26,33H,5,7-8H2,1H3,(H3,27,28,29,30). The van der Waals surface area contributed by atoms with Gasteiger partial charge in [0.15, 0.2) is 0 Å². The molecule has 0 bridgehead atoms. The fourth-order valence-corrected chi connectivity index (χ4v) is 4.30. The number of benzene rings is 2. The normalized spacial score (nSPS) is 14.5. The largest absolute Gasteiger partial charge is 0.508 e. The number of aromatic hydroxyl groups is 1. The van der Waals surface area contributed by atoms with Gasteiger partial charge < -0.3 is 16.2 Å². The quantitative estimate of drug-likeness (QED) is 0.324. The number of nitrogens with one attached hydrogen (secondary N) is 2. The summed E-state index contributed by atoms with van der Waals surface area (Å²) < 4.78 is 1.80. The highest BCUT2D eigenvalue weighted by Gasteiger charge is 2.28. The van der Waals surface area contributed by atoms with Gasteiger partial charge in [-0.15, -0.1) is 0 Å². The first kappa shape index (κ1) is 21.6. The van der Waals surface area contributed by atoms with Gasteiger partial charge in [-0.2, -0.15) is 0 Å². The Labute approximate surface area is 195 Å². The Morgan fingerprint density at radius 2 is 2.00 bits per heavy atom. The van der Waals surface area contributed by atoms with Crippen molar-refractivity contribution in [1.82, 2.24) is 19.5 Å². The van der Waals surface area contributed by atoms with Crippen LogP contribution in [-0.4, -0.2) is 30.3 Å². The molecule has 0 amide bonds. The summed E-state index contributed by atoms with van der Waals surface area (Å²) in [7, 11) is 0. The predicted molar refractivity (Wildman–Crippen MR) is 131 cm³/mol. The van der Waals surface area contributed by atoms with Crippen LogP contribution in [0.15, 0.2) is 59.7 Å². The number of hydrogen-bond donors (Lipinski definition) is 4. The average Bonchev–Trinajstić information content (AvgIpc) is 2.79. The predicted octanol–water partition coefficient (Wildman–Crippen LogP) is 3.79. The summed E-state index contributed by atoms with van der Waals surface area (Å²) in [5, 5.41) is 22.5. The molecule has 0 saturated heterocycles. The number of rotatable bonds is 6. The number of phenolic OH excluding ortho intramolecular Hbond substituents is 1. The lowest BCUT2D eigenvalue weighted by Crippen LogP contribution is -2.34. The molecule has 2 aromatic carbocycles. The SMILES string of the molecule is CC(Nc1ncnc(N)c1C(=N)c1cccc(O)c1)c1nc2ccccc2c(=O)n1C1CCC1. The second kappa shape index (κ2) is 8.58. The molecule has 34 heavy (non-hydrogen) atoms. The van der Waals surface area contributed by atoms with Gasteiger partial charge in [0.05, 0.1) is 28.2 Å². The number of hydrogen-bond acceptors (Lipinski definition) is 8. The number of anilines is 2. The Balaban J connectivity index is 1.57. The molecule has 1 atom stereocenters. The third kappa shape index (κ3) is 3.75. The number of nitrogens with two attached hydrogens (primary N) is 1. The Hall–Kier alpha value is -4.27. The van der Waals surface area contributed by atoms with Crippen LogP contribution in [-0.2, 0) is 0 Å². The van der Waals surface area contributed by atoms with E-state index in [1.807, 2.05) is 31.2 Å². The van der Waals surface area contributed by atoms with Crippen LogP contribution in [0.1, 0.15) is 55.2 Å². The summed E-state index contributed by atoms with van der Waals surface area (Å²) in [6.45, 7) is 1.91. The molecule has 5 rings (SSSR count). The highest BCUT2D eigenvalue weighted by atomic mass is 16.3. The second-order valence-corrected chi connectivity index (χ2v) is 8.52. The van der Waals surface area contributed by atoms with E-state index in [1.165, 1.54) is 18.5 Å². The molecule has 1 aliphatic carbocycles. The number of para-hydroxylation sites is 1. The maximum atomic E-state index is 13.4. The zero-order valence-electron chi connectivity index (χ0n) is 18.7. The zero-order chi connectivity index (χ0) is 23.8. The van der Waals surface area contributed by atoms with Crippen molar-refractivity contribution in [3.05, 3.63) is 82.2 Å². The summed E-state index contributed by atoms with van der Waals surface area (Å²) in [6, 6.07) is 13.5. The highest BCUT2D eigenvalue weighted by Crippen LogP contribution is 2.34. The Morgan fingerprint density at radius 3 is 2.74 bits per heavy atom. The van der Waals surface area contributed by atoms with E-state index in [0.717, 1.165) is 19.3 Å². The molecule has 2 heterocycles. The van der Waals surface area contributed by atoms with Crippen molar-refractivity contribution in [3.63, 3.8) is 0 Å². The van der Waals surface area contributed by atoms with Crippen LogP contribution >= 0.6 is 0 Å². The van der Waals surface area contributed by atoms with Gasteiger partial charge in [-0.25, -0.2) is 15.0 Å². The van der Waals surface area contributed by atoms with E-state index in [0.29, 0.717) is 33.7 Å². The minimum Gasteiger partial charge on any atom is -0.508 e. The van der Waals surface area contributed by atoms with Crippen molar-refractivity contribution in [2.24, 2.45) is 0 Å². The van der Waals surface area contributed by atoms with Crippen molar-refractivity contribution in [1.29, 1.82) is 5.41 Å². The van der Waals surface area contributed by atoms with Crippen molar-refractivity contribution < 1.29 is 5.11 Å². The molecule has 1 unspecified atom stereocenters. The van der Waals surface area contributed by atoms with E-state index in [-0.39, 0.29) is 28.9 Å². The maximum Gasteiger partial charge on any atom is 0.261 e. The van der Waals surface area contributed by atoms with Crippen LogP contribution in [0.25, 0.3) is 10.9 Å². The van der Waals surface area contributed by atoms with Crippen LogP contribution in [0, 0.1) is 5.41 Å². The Morgan fingerprint density at radius 1 is 1.21 bits per heavy atom. The van der Waals surface area contributed by atoms with Gasteiger partial charge in [0.25, 0.3) is 5.56 Å². The highest BCUT2D eigenvalue weighted by molar-refractivity contribution is 6.16. The zero-order valence-corrected chi connectivity index (χ0v) is 18.7. The van der Waals surface area contributed by atoms with E-state index >= 15 is 0 Å². The topological polar surface area (TPSA) is 143 Å². The molecule has 0 aliphatic heterocycles. The molecule has 172 valence electrons. The molecule has 0 spiro atoms. The van der Waals surface area contributed by atoms with E-state index in [4.69, 9.17) is 16.1 Å². The fraction of sp³-hybridized carbons (Fsp3) is 0.240. The van der Waals surface area contributed by atoms with E-state index in [9.17, 15) is 9.90 Å². The Kier molecular flexibility index (Phi) is 5.45. The van der Waals surface area contributed by atoms with E-state index in [1.54, 1.807) is 16.7 Å². The van der Waals surface area contributed by atoms with Crippen molar-refractivity contribution in [3.8, 4) is 5.75 Å². The number of aromatic nitrogens is 4. The molecule has 1 fully saturated rings. The molecule has 4 aromatic rings. The van der Waals surface area contributed by atoms with Gasteiger partial charge in [0.2, 0.25) is 0 Å². The second-order valence-electron chi connectivity index (χ2n) is 8.52. The van der Waals surface area contributed by atoms with Gasteiger partial charge in [0, 0.05) is 11.6 Å². The third-order valence-corrected chi connectivity index (χ3v) is 6.28. The molecule has 2 aromatic heterocycles. The van der Waals surface area contributed by atoms with E-state index in [2.05, 4.69) is 15.3 Å². The smallest absolute Gasteiger partial charge is 0.261 e. The van der Waals surface area contributed by atoms with Crippen LogP contribution in [0.5, 0.6) is 5.75 Å². The monoisotopic (exact) mass is 455 g/mol. The van der Waals surface area contributed by atoms with Crippen LogP contribution in [0.4, 0.5) is 11.6 Å².